The van der Waals surface area contributed by atoms with Crippen molar-refractivity contribution < 1.29 is 3.89 Å². The lowest BCUT2D eigenvalue weighted by atomic mass is 10.2. The minimum atomic E-state index is 0.0511. The monoisotopic (exact) mass is 306 g/mol. The summed E-state index contributed by atoms with van der Waals surface area (Å²) in [6.07, 6.45) is 1.56. The molecule has 0 bridgehead atoms. The Labute approximate surface area is 104 Å². The van der Waals surface area contributed by atoms with Crippen LogP contribution in [0.15, 0.2) is 34.9 Å². The van der Waals surface area contributed by atoms with Gasteiger partial charge in [0.25, 0.3) is 0 Å². The quantitative estimate of drug-likeness (QED) is 0.821. The van der Waals surface area contributed by atoms with Crippen molar-refractivity contribution in [3.8, 4) is 11.3 Å². The minimum Gasteiger partial charge on any atom is -0.182 e. The molecule has 0 unspecified atom stereocenters. The summed E-state index contributed by atoms with van der Waals surface area (Å²) in [5, 5.41) is 4.70. The molecule has 0 amide bonds. The van der Waals surface area contributed by atoms with Gasteiger partial charge in [0, 0.05) is 10.6 Å². The Morgan fingerprint density at radius 3 is 2.53 bits per heavy atom. The summed E-state index contributed by atoms with van der Waals surface area (Å²) >= 11 is 9.14. The van der Waals surface area contributed by atoms with Crippen LogP contribution in [0.5, 0.6) is 0 Å². The molecule has 0 aliphatic rings. The van der Waals surface area contributed by atoms with Gasteiger partial charge in [-0.15, -0.1) is 3.89 Å². The summed E-state index contributed by atoms with van der Waals surface area (Å²) in [6.45, 7) is 0. The maximum atomic E-state index is 12.3. The van der Waals surface area contributed by atoms with Gasteiger partial charge in [0.05, 0.1) is 10.7 Å². The summed E-state index contributed by atoms with van der Waals surface area (Å²) in [5.74, 6) is 0. The molecule has 0 fully saturated rings. The van der Waals surface area contributed by atoms with Gasteiger partial charge in [-0.25, -0.2) is 0 Å². The van der Waals surface area contributed by atoms with Crippen LogP contribution in [0.3, 0.4) is 0 Å². The molecular formula is C9H5BrClFN2S. The minimum absolute atomic E-state index is 0.0511. The molecule has 0 N–H and O–H groups in total. The second-order valence-electron chi connectivity index (χ2n) is 2.80. The largest absolute Gasteiger partial charge is 0.187 e. The van der Waals surface area contributed by atoms with E-state index in [4.69, 9.17) is 11.6 Å². The Morgan fingerprint density at radius 2 is 2.00 bits per heavy atom. The highest BCUT2D eigenvalue weighted by Crippen LogP contribution is 2.28. The smallest absolute Gasteiger partial charge is 0.182 e. The van der Waals surface area contributed by atoms with Gasteiger partial charge in [-0.1, -0.05) is 23.7 Å². The molecule has 2 rings (SSSR count). The Kier molecular flexibility index (Phi) is 3.33. The van der Waals surface area contributed by atoms with Crippen LogP contribution in [0, 0.1) is 0 Å². The molecule has 0 saturated carbocycles. The van der Waals surface area contributed by atoms with Crippen LogP contribution in [0.4, 0.5) is 3.89 Å². The molecular weight excluding hydrogens is 303 g/mol. The summed E-state index contributed by atoms with van der Waals surface area (Å²) in [5.41, 5.74) is 1.58. The van der Waals surface area contributed by atoms with E-state index in [0.29, 0.717) is 10.7 Å². The Balaban J connectivity index is 2.44. The Morgan fingerprint density at radius 1 is 1.33 bits per heavy atom. The molecule has 0 radical (unpaired) electrons. The van der Waals surface area contributed by atoms with E-state index in [-0.39, 0.29) is 12.3 Å². The van der Waals surface area contributed by atoms with Crippen molar-refractivity contribution in [1.82, 2.24) is 9.19 Å². The molecule has 6 heteroatoms. The van der Waals surface area contributed by atoms with Gasteiger partial charge in [0.15, 0.2) is 12.3 Å². The highest BCUT2D eigenvalue weighted by atomic mass is 79.9. The summed E-state index contributed by atoms with van der Waals surface area (Å²) < 4.78 is 14.2. The van der Waals surface area contributed by atoms with Crippen LogP contribution in [0.25, 0.3) is 11.3 Å². The van der Waals surface area contributed by atoms with Crippen molar-refractivity contribution >= 4 is 39.9 Å². The average molecular weight is 308 g/mol. The van der Waals surface area contributed by atoms with E-state index in [0.717, 1.165) is 14.1 Å². The van der Waals surface area contributed by atoms with Crippen molar-refractivity contribution in [2.75, 3.05) is 0 Å². The molecule has 0 saturated heterocycles. The highest BCUT2D eigenvalue weighted by Gasteiger charge is 2.09. The van der Waals surface area contributed by atoms with Gasteiger partial charge in [0.2, 0.25) is 0 Å². The zero-order valence-electron chi connectivity index (χ0n) is 7.32. The number of halogens is 3. The third-order valence-corrected chi connectivity index (χ3v) is 3.00. The lowest BCUT2D eigenvalue weighted by molar-refractivity contribution is 0.879. The van der Waals surface area contributed by atoms with Gasteiger partial charge in [0.1, 0.15) is 5.69 Å². The molecule has 2 aromatic rings. The molecule has 1 aromatic carbocycles. The van der Waals surface area contributed by atoms with Crippen LogP contribution in [0.2, 0.25) is 5.02 Å². The summed E-state index contributed by atoms with van der Waals surface area (Å²) in [4.78, 5) is 0. The average Bonchev–Trinajstić information content (AvgIpc) is 2.61. The van der Waals surface area contributed by atoms with E-state index in [1.165, 1.54) is 0 Å². The third kappa shape index (κ3) is 2.35. The SMILES string of the molecule is FSn1cc(Br)c(-c2ccc(Cl)cc2)n1. The molecule has 1 aromatic heterocycles. The van der Waals surface area contributed by atoms with E-state index >= 15 is 0 Å². The van der Waals surface area contributed by atoms with E-state index in [1.807, 2.05) is 12.1 Å². The molecule has 0 aliphatic heterocycles. The first kappa shape index (κ1) is 11.0. The van der Waals surface area contributed by atoms with Crippen LogP contribution >= 0.6 is 39.9 Å². The normalized spacial score (nSPS) is 10.6. The maximum Gasteiger partial charge on any atom is 0.187 e. The van der Waals surface area contributed by atoms with Crippen LogP contribution < -0.4 is 0 Å². The van der Waals surface area contributed by atoms with Crippen molar-refractivity contribution in [2.45, 2.75) is 0 Å². The second-order valence-corrected chi connectivity index (χ2v) is 4.61. The molecule has 1 heterocycles. The van der Waals surface area contributed by atoms with Gasteiger partial charge < -0.3 is 0 Å². The van der Waals surface area contributed by atoms with Gasteiger partial charge in [-0.2, -0.15) is 9.19 Å². The topological polar surface area (TPSA) is 17.8 Å². The Bertz CT molecular complexity index is 471. The number of nitrogens with zero attached hydrogens (tertiary/aromatic N) is 2. The molecule has 0 aliphatic carbocycles. The predicted molar refractivity (Wildman–Crippen MR) is 64.5 cm³/mol. The van der Waals surface area contributed by atoms with Crippen molar-refractivity contribution in [3.05, 3.63) is 40.0 Å². The fraction of sp³-hybridized carbons (Fsp3) is 0. The predicted octanol–water partition coefficient (Wildman–Crippen LogP) is 4.35. The van der Waals surface area contributed by atoms with Crippen LogP contribution in [0.1, 0.15) is 0 Å². The lowest BCUT2D eigenvalue weighted by Crippen LogP contribution is -1.84. The first-order valence-corrected chi connectivity index (χ1v) is 5.85. The zero-order valence-corrected chi connectivity index (χ0v) is 10.5. The van der Waals surface area contributed by atoms with Gasteiger partial charge in [-0.3, -0.25) is 0 Å². The van der Waals surface area contributed by atoms with Gasteiger partial charge in [-0.05, 0) is 28.1 Å². The summed E-state index contributed by atoms with van der Waals surface area (Å²) in [6, 6.07) is 7.21. The molecule has 0 atom stereocenters. The summed E-state index contributed by atoms with van der Waals surface area (Å²) in [7, 11) is 0. The van der Waals surface area contributed by atoms with Gasteiger partial charge >= 0.3 is 0 Å². The standard InChI is InChI=1S/C9H5BrClFN2S/c10-8-5-14(15-12)13-9(8)6-1-3-7(11)4-2-6/h1-5H. The van der Waals surface area contributed by atoms with E-state index in [9.17, 15) is 3.89 Å². The first-order valence-electron chi connectivity index (χ1n) is 4.01. The number of benzene rings is 1. The third-order valence-electron chi connectivity index (χ3n) is 1.84. The van der Waals surface area contributed by atoms with E-state index < -0.39 is 0 Å². The highest BCUT2D eigenvalue weighted by molar-refractivity contribution is 9.10. The van der Waals surface area contributed by atoms with Crippen molar-refractivity contribution in [2.24, 2.45) is 0 Å². The maximum absolute atomic E-state index is 12.3. The van der Waals surface area contributed by atoms with E-state index in [1.54, 1.807) is 18.3 Å². The number of hydrogen-bond acceptors (Lipinski definition) is 2. The molecule has 78 valence electrons. The first-order chi connectivity index (χ1) is 7.20. The van der Waals surface area contributed by atoms with Crippen molar-refractivity contribution in [1.29, 1.82) is 0 Å². The second kappa shape index (κ2) is 4.55. The number of hydrogen-bond donors (Lipinski definition) is 0. The Hall–Kier alpha value is -0.520. The van der Waals surface area contributed by atoms with Crippen LogP contribution in [-0.2, 0) is 0 Å². The fourth-order valence-electron chi connectivity index (χ4n) is 1.17. The van der Waals surface area contributed by atoms with Crippen molar-refractivity contribution in [3.63, 3.8) is 0 Å². The van der Waals surface area contributed by atoms with Crippen LogP contribution in [-0.4, -0.2) is 9.19 Å². The lowest BCUT2D eigenvalue weighted by Gasteiger charge is -1.97. The molecule has 15 heavy (non-hydrogen) atoms. The molecule has 2 nitrogen and oxygen atoms in total. The fourth-order valence-corrected chi connectivity index (χ4v) is 2.19. The zero-order chi connectivity index (χ0) is 10.8. The number of rotatable bonds is 2. The molecule has 0 spiro atoms. The van der Waals surface area contributed by atoms with E-state index in [2.05, 4.69) is 21.0 Å². The number of aromatic nitrogens is 2.